The molecule has 0 spiro atoms. The number of halogens is 1. The summed E-state index contributed by atoms with van der Waals surface area (Å²) in [5.74, 6) is 0.931. The first-order valence-corrected chi connectivity index (χ1v) is 11.8. The molecule has 0 aliphatic carbocycles. The minimum Gasteiger partial charge on any atom is -0.493 e. The largest absolute Gasteiger partial charge is 0.493 e. The summed E-state index contributed by atoms with van der Waals surface area (Å²) in [5.41, 5.74) is 2.89. The number of nitrogens with one attached hydrogen (secondary N) is 1. The molecule has 0 saturated carbocycles. The summed E-state index contributed by atoms with van der Waals surface area (Å²) in [7, 11) is 3.18. The summed E-state index contributed by atoms with van der Waals surface area (Å²) in [5, 5.41) is 3.64. The van der Waals surface area contributed by atoms with Crippen molar-refractivity contribution in [2.24, 2.45) is 0 Å². The van der Waals surface area contributed by atoms with Gasteiger partial charge in [0.2, 0.25) is 11.8 Å². The summed E-state index contributed by atoms with van der Waals surface area (Å²) in [4.78, 5) is 27.7. The Bertz CT molecular complexity index is 1120. The summed E-state index contributed by atoms with van der Waals surface area (Å²) >= 11 is 6.02. The first kappa shape index (κ1) is 26.1. The summed E-state index contributed by atoms with van der Waals surface area (Å²) in [6.45, 7) is 2.23. The van der Waals surface area contributed by atoms with Crippen LogP contribution in [-0.2, 0) is 29.0 Å². The van der Waals surface area contributed by atoms with Crippen molar-refractivity contribution in [3.8, 4) is 11.5 Å². The number of hydrogen-bond acceptors (Lipinski definition) is 4. The van der Waals surface area contributed by atoms with Crippen LogP contribution in [0.25, 0.3) is 0 Å². The van der Waals surface area contributed by atoms with E-state index in [1.807, 2.05) is 60.7 Å². The standard InChI is InChI=1S/C28H31ClN2O4/c1-20(32)31(19-23-9-12-24(29)13-10-23)25(17-21-7-5-4-6-8-21)28(33)30-16-15-22-11-14-26(34-2)27(18-22)35-3/h4-14,18,25H,15-17,19H2,1-3H3,(H,30,33). The fourth-order valence-corrected chi connectivity index (χ4v) is 4.02. The molecule has 0 fully saturated rings. The van der Waals surface area contributed by atoms with Crippen LogP contribution in [0, 0.1) is 0 Å². The Morgan fingerprint density at radius 1 is 0.886 bits per heavy atom. The Labute approximate surface area is 211 Å². The molecule has 2 amide bonds. The Balaban J connectivity index is 1.75. The minimum absolute atomic E-state index is 0.170. The van der Waals surface area contributed by atoms with Crippen molar-refractivity contribution in [3.63, 3.8) is 0 Å². The van der Waals surface area contributed by atoms with Gasteiger partial charge in [-0.1, -0.05) is 60.1 Å². The Morgan fingerprint density at radius 3 is 2.17 bits per heavy atom. The van der Waals surface area contributed by atoms with E-state index in [-0.39, 0.29) is 11.8 Å². The molecule has 3 aromatic rings. The summed E-state index contributed by atoms with van der Waals surface area (Å²) < 4.78 is 10.7. The highest BCUT2D eigenvalue weighted by Gasteiger charge is 2.28. The third kappa shape index (κ3) is 7.49. The van der Waals surface area contributed by atoms with Crippen LogP contribution in [-0.4, -0.2) is 43.5 Å². The lowest BCUT2D eigenvalue weighted by molar-refractivity contribution is -0.139. The van der Waals surface area contributed by atoms with Crippen molar-refractivity contribution < 1.29 is 19.1 Å². The molecule has 3 aromatic carbocycles. The molecule has 0 aromatic heterocycles. The zero-order valence-corrected chi connectivity index (χ0v) is 21.0. The number of amides is 2. The number of ether oxygens (including phenoxy) is 2. The fraction of sp³-hybridized carbons (Fsp3) is 0.286. The van der Waals surface area contributed by atoms with Crippen LogP contribution < -0.4 is 14.8 Å². The van der Waals surface area contributed by atoms with Crippen LogP contribution in [0.3, 0.4) is 0 Å². The van der Waals surface area contributed by atoms with Gasteiger partial charge < -0.3 is 19.7 Å². The van der Waals surface area contributed by atoms with E-state index >= 15 is 0 Å². The topological polar surface area (TPSA) is 67.9 Å². The Kier molecular flexibility index (Phi) is 9.56. The van der Waals surface area contributed by atoms with E-state index in [4.69, 9.17) is 21.1 Å². The smallest absolute Gasteiger partial charge is 0.243 e. The molecule has 0 aliphatic rings. The van der Waals surface area contributed by atoms with Gasteiger partial charge in [0.15, 0.2) is 11.5 Å². The zero-order chi connectivity index (χ0) is 25.2. The van der Waals surface area contributed by atoms with Gasteiger partial charge in [0.05, 0.1) is 14.2 Å². The van der Waals surface area contributed by atoms with E-state index in [2.05, 4.69) is 5.32 Å². The lowest BCUT2D eigenvalue weighted by Gasteiger charge is -2.30. The molecule has 7 heteroatoms. The van der Waals surface area contributed by atoms with Gasteiger partial charge in [-0.25, -0.2) is 0 Å². The number of benzene rings is 3. The number of rotatable bonds is 11. The maximum absolute atomic E-state index is 13.4. The molecule has 6 nitrogen and oxygen atoms in total. The van der Waals surface area contributed by atoms with Gasteiger partial charge in [-0.05, 0) is 47.4 Å². The summed E-state index contributed by atoms with van der Waals surface area (Å²) in [6.07, 6.45) is 1.03. The van der Waals surface area contributed by atoms with Gasteiger partial charge in [-0.15, -0.1) is 0 Å². The molecule has 184 valence electrons. The molecule has 3 rings (SSSR count). The molecule has 0 heterocycles. The molecule has 1 N–H and O–H groups in total. The van der Waals surface area contributed by atoms with Gasteiger partial charge in [-0.2, -0.15) is 0 Å². The second-order valence-corrected chi connectivity index (χ2v) is 8.65. The molecule has 0 aliphatic heterocycles. The van der Waals surface area contributed by atoms with Crippen molar-refractivity contribution in [2.45, 2.75) is 32.4 Å². The number of carbonyl (C=O) groups excluding carboxylic acids is 2. The number of carbonyl (C=O) groups is 2. The van der Waals surface area contributed by atoms with Crippen molar-refractivity contribution in [1.29, 1.82) is 0 Å². The first-order valence-electron chi connectivity index (χ1n) is 11.5. The third-order valence-electron chi connectivity index (χ3n) is 5.78. The fourth-order valence-electron chi connectivity index (χ4n) is 3.89. The van der Waals surface area contributed by atoms with Crippen LogP contribution in [0.5, 0.6) is 11.5 Å². The van der Waals surface area contributed by atoms with E-state index in [0.717, 1.165) is 16.7 Å². The average molecular weight is 495 g/mol. The van der Waals surface area contributed by atoms with E-state index in [9.17, 15) is 9.59 Å². The highest BCUT2D eigenvalue weighted by molar-refractivity contribution is 6.30. The molecular formula is C28H31ClN2O4. The van der Waals surface area contributed by atoms with Gasteiger partial charge in [0.25, 0.3) is 0 Å². The van der Waals surface area contributed by atoms with Crippen molar-refractivity contribution in [1.82, 2.24) is 10.2 Å². The average Bonchev–Trinajstić information content (AvgIpc) is 2.87. The zero-order valence-electron chi connectivity index (χ0n) is 20.3. The van der Waals surface area contributed by atoms with Crippen LogP contribution in [0.2, 0.25) is 5.02 Å². The monoisotopic (exact) mass is 494 g/mol. The van der Waals surface area contributed by atoms with E-state index < -0.39 is 6.04 Å². The third-order valence-corrected chi connectivity index (χ3v) is 6.03. The molecule has 35 heavy (non-hydrogen) atoms. The SMILES string of the molecule is COc1ccc(CCNC(=O)C(Cc2ccccc2)N(Cc2ccc(Cl)cc2)C(C)=O)cc1OC. The number of methoxy groups -OCH3 is 2. The van der Waals surface area contributed by atoms with Gasteiger partial charge in [-0.3, -0.25) is 9.59 Å². The predicted octanol–water partition coefficient (Wildman–Crippen LogP) is 4.68. The first-order chi connectivity index (χ1) is 16.9. The predicted molar refractivity (Wildman–Crippen MR) is 138 cm³/mol. The molecule has 0 saturated heterocycles. The summed E-state index contributed by atoms with van der Waals surface area (Å²) in [6, 6.07) is 22.0. The minimum atomic E-state index is -0.656. The molecular weight excluding hydrogens is 464 g/mol. The van der Waals surface area contributed by atoms with E-state index in [1.165, 1.54) is 6.92 Å². The van der Waals surface area contributed by atoms with E-state index in [0.29, 0.717) is 42.5 Å². The van der Waals surface area contributed by atoms with Crippen LogP contribution in [0.1, 0.15) is 23.6 Å². The van der Waals surface area contributed by atoms with Gasteiger partial charge in [0.1, 0.15) is 6.04 Å². The highest BCUT2D eigenvalue weighted by Crippen LogP contribution is 2.27. The quantitative estimate of drug-likeness (QED) is 0.420. The van der Waals surface area contributed by atoms with Gasteiger partial charge >= 0.3 is 0 Å². The van der Waals surface area contributed by atoms with Crippen LogP contribution >= 0.6 is 11.6 Å². The van der Waals surface area contributed by atoms with Crippen molar-refractivity contribution in [2.75, 3.05) is 20.8 Å². The van der Waals surface area contributed by atoms with Crippen LogP contribution in [0.4, 0.5) is 0 Å². The number of hydrogen-bond donors (Lipinski definition) is 1. The Morgan fingerprint density at radius 2 is 1.54 bits per heavy atom. The number of nitrogens with zero attached hydrogens (tertiary/aromatic N) is 1. The van der Waals surface area contributed by atoms with Gasteiger partial charge in [0, 0.05) is 31.5 Å². The highest BCUT2D eigenvalue weighted by atomic mass is 35.5. The molecule has 1 unspecified atom stereocenters. The maximum atomic E-state index is 13.4. The lowest BCUT2D eigenvalue weighted by atomic mass is 10.0. The second kappa shape index (κ2) is 12.8. The maximum Gasteiger partial charge on any atom is 0.243 e. The molecule has 0 bridgehead atoms. The van der Waals surface area contributed by atoms with Crippen LogP contribution in [0.15, 0.2) is 72.8 Å². The Hall–Kier alpha value is -3.51. The molecule has 0 radical (unpaired) electrons. The second-order valence-electron chi connectivity index (χ2n) is 8.21. The normalized spacial score (nSPS) is 11.4. The lowest BCUT2D eigenvalue weighted by Crippen LogP contribution is -2.50. The van der Waals surface area contributed by atoms with Crippen molar-refractivity contribution >= 4 is 23.4 Å². The molecule has 1 atom stereocenters. The van der Waals surface area contributed by atoms with E-state index in [1.54, 1.807) is 31.3 Å². The van der Waals surface area contributed by atoms with Crippen molar-refractivity contribution in [3.05, 3.63) is 94.5 Å².